The number of nitrogens with zero attached hydrogens (tertiary/aromatic N) is 2. The molecule has 0 amide bonds. The molecular formula is C7H10F2N2O. The van der Waals surface area contributed by atoms with Gasteiger partial charge in [-0.25, -0.2) is 8.78 Å². The Bertz CT molecular complexity index is 260. The van der Waals surface area contributed by atoms with Gasteiger partial charge in [-0.05, 0) is 0 Å². The van der Waals surface area contributed by atoms with E-state index in [1.807, 2.05) is 0 Å². The zero-order chi connectivity index (χ0) is 9.19. The van der Waals surface area contributed by atoms with Crippen LogP contribution in [0.4, 0.5) is 8.78 Å². The van der Waals surface area contributed by atoms with Crippen molar-refractivity contribution >= 4 is 0 Å². The highest BCUT2D eigenvalue weighted by Gasteiger charge is 2.31. The minimum atomic E-state index is -2.97. The van der Waals surface area contributed by atoms with E-state index in [2.05, 4.69) is 5.10 Å². The number of aryl methyl sites for hydroxylation is 1. The summed E-state index contributed by atoms with van der Waals surface area (Å²) in [4.78, 5) is 0. The zero-order valence-corrected chi connectivity index (χ0v) is 6.67. The summed E-state index contributed by atoms with van der Waals surface area (Å²) in [5.41, 5.74) is -0.154. The predicted octanol–water partition coefficient (Wildman–Crippen LogP) is 0.894. The SMILES string of the molecule is Cn1cc(C(F)(F)CCO)cn1. The van der Waals surface area contributed by atoms with Gasteiger partial charge in [0.25, 0.3) is 5.92 Å². The largest absolute Gasteiger partial charge is 0.396 e. The predicted molar refractivity (Wildman–Crippen MR) is 38.8 cm³/mol. The highest BCUT2D eigenvalue weighted by Crippen LogP contribution is 2.30. The van der Waals surface area contributed by atoms with Crippen molar-refractivity contribution in [1.29, 1.82) is 0 Å². The third-order valence-corrected chi connectivity index (χ3v) is 1.55. The van der Waals surface area contributed by atoms with Crippen molar-refractivity contribution in [3.8, 4) is 0 Å². The molecule has 0 bridgehead atoms. The third-order valence-electron chi connectivity index (χ3n) is 1.55. The Morgan fingerprint density at radius 1 is 1.67 bits per heavy atom. The van der Waals surface area contributed by atoms with Crippen LogP contribution in [0.3, 0.4) is 0 Å². The second-order valence-corrected chi connectivity index (χ2v) is 2.58. The smallest absolute Gasteiger partial charge is 0.278 e. The van der Waals surface area contributed by atoms with E-state index in [1.165, 1.54) is 10.9 Å². The van der Waals surface area contributed by atoms with E-state index in [4.69, 9.17) is 5.11 Å². The Kier molecular flexibility index (Phi) is 2.42. The maximum absolute atomic E-state index is 13.0. The molecule has 0 aliphatic carbocycles. The summed E-state index contributed by atoms with van der Waals surface area (Å²) >= 11 is 0. The van der Waals surface area contributed by atoms with Gasteiger partial charge in [0, 0.05) is 26.3 Å². The number of halogens is 2. The molecule has 1 N–H and O–H groups in total. The number of aliphatic hydroxyl groups excluding tert-OH is 1. The van der Waals surface area contributed by atoms with Crippen LogP contribution in [0.5, 0.6) is 0 Å². The molecule has 5 heteroatoms. The Hall–Kier alpha value is -0.970. The normalized spacial score (nSPS) is 12.0. The first kappa shape index (κ1) is 9.12. The molecule has 0 atom stereocenters. The van der Waals surface area contributed by atoms with Gasteiger partial charge in [0.05, 0.1) is 11.8 Å². The molecule has 0 spiro atoms. The molecule has 0 unspecified atom stereocenters. The minimum Gasteiger partial charge on any atom is -0.396 e. The molecule has 0 radical (unpaired) electrons. The van der Waals surface area contributed by atoms with Crippen LogP contribution in [-0.2, 0) is 13.0 Å². The quantitative estimate of drug-likeness (QED) is 0.742. The van der Waals surface area contributed by atoms with Gasteiger partial charge in [0.2, 0.25) is 0 Å². The van der Waals surface area contributed by atoms with Gasteiger partial charge in [-0.2, -0.15) is 5.10 Å². The van der Waals surface area contributed by atoms with Gasteiger partial charge in [-0.1, -0.05) is 0 Å². The maximum atomic E-state index is 13.0. The van der Waals surface area contributed by atoms with Crippen molar-refractivity contribution in [3.63, 3.8) is 0 Å². The molecule has 0 aliphatic rings. The molecule has 1 aromatic rings. The lowest BCUT2D eigenvalue weighted by Crippen LogP contribution is -2.14. The van der Waals surface area contributed by atoms with Gasteiger partial charge in [-0.3, -0.25) is 4.68 Å². The highest BCUT2D eigenvalue weighted by atomic mass is 19.3. The third kappa shape index (κ3) is 1.79. The van der Waals surface area contributed by atoms with E-state index in [9.17, 15) is 8.78 Å². The number of hydrogen-bond donors (Lipinski definition) is 1. The Morgan fingerprint density at radius 3 is 2.75 bits per heavy atom. The van der Waals surface area contributed by atoms with E-state index >= 15 is 0 Å². The Morgan fingerprint density at radius 2 is 2.33 bits per heavy atom. The van der Waals surface area contributed by atoms with Crippen LogP contribution in [-0.4, -0.2) is 21.5 Å². The molecule has 0 fully saturated rings. The van der Waals surface area contributed by atoms with Crippen LogP contribution in [0.2, 0.25) is 0 Å². The molecule has 0 aliphatic heterocycles. The van der Waals surface area contributed by atoms with Gasteiger partial charge < -0.3 is 5.11 Å². The van der Waals surface area contributed by atoms with Crippen molar-refractivity contribution < 1.29 is 13.9 Å². The fraction of sp³-hybridized carbons (Fsp3) is 0.571. The highest BCUT2D eigenvalue weighted by molar-refractivity contribution is 5.11. The standard InChI is InChI=1S/C7H10F2N2O/c1-11-5-6(4-10-11)7(8,9)2-3-12/h4-5,12H,2-3H2,1H3. The lowest BCUT2D eigenvalue weighted by molar-refractivity contribution is -0.0270. The van der Waals surface area contributed by atoms with Gasteiger partial charge in [-0.15, -0.1) is 0 Å². The molecule has 1 heterocycles. The summed E-state index contributed by atoms with van der Waals surface area (Å²) in [7, 11) is 1.57. The molecular weight excluding hydrogens is 166 g/mol. The fourth-order valence-electron chi connectivity index (χ4n) is 0.895. The van der Waals surface area contributed by atoms with Gasteiger partial charge in [0.15, 0.2) is 0 Å². The average molecular weight is 176 g/mol. The lowest BCUT2D eigenvalue weighted by atomic mass is 10.1. The minimum absolute atomic E-state index is 0.154. The molecule has 68 valence electrons. The summed E-state index contributed by atoms with van der Waals surface area (Å²) in [6.45, 7) is -0.526. The first-order valence-electron chi connectivity index (χ1n) is 3.54. The number of alkyl halides is 2. The van der Waals surface area contributed by atoms with Crippen LogP contribution < -0.4 is 0 Å². The first-order valence-corrected chi connectivity index (χ1v) is 3.54. The Balaban J connectivity index is 2.81. The number of aromatic nitrogens is 2. The fourth-order valence-corrected chi connectivity index (χ4v) is 0.895. The summed E-state index contributed by atoms with van der Waals surface area (Å²) in [5.74, 6) is -2.97. The molecule has 3 nitrogen and oxygen atoms in total. The Labute approximate surface area is 68.6 Å². The number of hydrogen-bond acceptors (Lipinski definition) is 2. The van der Waals surface area contributed by atoms with E-state index < -0.39 is 19.0 Å². The molecule has 12 heavy (non-hydrogen) atoms. The second kappa shape index (κ2) is 3.18. The van der Waals surface area contributed by atoms with Crippen LogP contribution in [0, 0.1) is 0 Å². The number of aliphatic hydroxyl groups is 1. The van der Waals surface area contributed by atoms with Crippen molar-refractivity contribution in [2.75, 3.05) is 6.61 Å². The summed E-state index contributed by atoms with van der Waals surface area (Å²) in [6.07, 6.45) is 1.80. The topological polar surface area (TPSA) is 38.0 Å². The van der Waals surface area contributed by atoms with Crippen LogP contribution in [0.1, 0.15) is 12.0 Å². The summed E-state index contributed by atoms with van der Waals surface area (Å²) < 4.78 is 27.2. The van der Waals surface area contributed by atoms with E-state index in [0.717, 1.165) is 6.20 Å². The zero-order valence-electron chi connectivity index (χ0n) is 6.67. The molecule has 1 aromatic heterocycles. The molecule has 0 saturated carbocycles. The summed E-state index contributed by atoms with van der Waals surface area (Å²) in [5, 5.41) is 12.0. The van der Waals surface area contributed by atoms with Crippen LogP contribution in [0.15, 0.2) is 12.4 Å². The average Bonchev–Trinajstić information content (AvgIpc) is 2.36. The van der Waals surface area contributed by atoms with E-state index in [0.29, 0.717) is 0 Å². The van der Waals surface area contributed by atoms with Crippen molar-refractivity contribution in [2.24, 2.45) is 7.05 Å². The second-order valence-electron chi connectivity index (χ2n) is 2.58. The van der Waals surface area contributed by atoms with Crippen molar-refractivity contribution in [3.05, 3.63) is 18.0 Å². The molecule has 0 aromatic carbocycles. The monoisotopic (exact) mass is 176 g/mol. The van der Waals surface area contributed by atoms with E-state index in [-0.39, 0.29) is 5.56 Å². The van der Waals surface area contributed by atoms with Gasteiger partial charge in [0.1, 0.15) is 0 Å². The van der Waals surface area contributed by atoms with Crippen LogP contribution in [0.25, 0.3) is 0 Å². The lowest BCUT2D eigenvalue weighted by Gasteiger charge is -2.11. The molecule has 1 rings (SSSR count). The molecule has 0 saturated heterocycles. The van der Waals surface area contributed by atoms with Gasteiger partial charge >= 0.3 is 0 Å². The van der Waals surface area contributed by atoms with Crippen molar-refractivity contribution in [1.82, 2.24) is 9.78 Å². The van der Waals surface area contributed by atoms with Crippen molar-refractivity contribution in [2.45, 2.75) is 12.3 Å². The van der Waals surface area contributed by atoms with Crippen LogP contribution >= 0.6 is 0 Å². The number of rotatable bonds is 3. The van der Waals surface area contributed by atoms with E-state index in [1.54, 1.807) is 7.05 Å². The maximum Gasteiger partial charge on any atom is 0.278 e. The summed E-state index contributed by atoms with van der Waals surface area (Å²) in [6, 6.07) is 0. The first-order chi connectivity index (χ1) is 5.56.